The molecule has 0 unspecified atom stereocenters. The van der Waals surface area contributed by atoms with Crippen LogP contribution in [0.1, 0.15) is 31.4 Å². The number of phenolic OH excluding ortho intramolecular Hbond substituents is 1. The molecule has 0 saturated heterocycles. The summed E-state index contributed by atoms with van der Waals surface area (Å²) in [5.41, 5.74) is 1.82. The molecule has 0 fully saturated rings. The first kappa shape index (κ1) is 17.4. The standard InChI is InChI=1S/C11H14F3NOS.ClH/c1-2-3-9(15)8-6-7(4-5-10(8)16)17-11(12,13)14;/h4-6,9,16H,2-3,15H2,1H3;1H/t9-;/m1./s1. The number of aromatic hydroxyl groups is 1. The minimum Gasteiger partial charge on any atom is -0.508 e. The Kier molecular flexibility index (Phi) is 6.88. The van der Waals surface area contributed by atoms with E-state index < -0.39 is 11.6 Å². The van der Waals surface area contributed by atoms with E-state index in [0.29, 0.717) is 12.0 Å². The highest BCUT2D eigenvalue weighted by molar-refractivity contribution is 8.00. The molecule has 0 aliphatic rings. The van der Waals surface area contributed by atoms with Gasteiger partial charge in [0.25, 0.3) is 0 Å². The van der Waals surface area contributed by atoms with E-state index in [-0.39, 0.29) is 34.8 Å². The van der Waals surface area contributed by atoms with Gasteiger partial charge in [-0.2, -0.15) is 13.2 Å². The van der Waals surface area contributed by atoms with Gasteiger partial charge in [-0.05, 0) is 36.4 Å². The normalized spacial score (nSPS) is 12.9. The molecule has 1 rings (SSSR count). The van der Waals surface area contributed by atoms with E-state index in [9.17, 15) is 18.3 Å². The molecule has 0 heterocycles. The van der Waals surface area contributed by atoms with Crippen molar-refractivity contribution in [3.8, 4) is 5.75 Å². The number of rotatable bonds is 4. The minimum absolute atomic E-state index is 0. The highest BCUT2D eigenvalue weighted by Gasteiger charge is 2.29. The predicted octanol–water partition coefficient (Wildman–Crippen LogP) is 4.23. The van der Waals surface area contributed by atoms with Crippen molar-refractivity contribution in [1.82, 2.24) is 0 Å². The summed E-state index contributed by atoms with van der Waals surface area (Å²) in [4.78, 5) is 0.0388. The number of halogens is 4. The van der Waals surface area contributed by atoms with Crippen LogP contribution in [-0.2, 0) is 0 Å². The second-order valence-corrected chi connectivity index (χ2v) is 4.80. The summed E-state index contributed by atoms with van der Waals surface area (Å²) in [5.74, 6) is -0.0579. The molecule has 1 aromatic carbocycles. The maximum Gasteiger partial charge on any atom is 0.446 e. The molecule has 7 heteroatoms. The Balaban J connectivity index is 0.00000289. The van der Waals surface area contributed by atoms with Gasteiger partial charge in [0, 0.05) is 16.5 Å². The highest BCUT2D eigenvalue weighted by Crippen LogP contribution is 2.39. The Morgan fingerprint density at radius 2 is 2.00 bits per heavy atom. The average molecular weight is 302 g/mol. The van der Waals surface area contributed by atoms with Crippen molar-refractivity contribution >= 4 is 24.2 Å². The molecule has 0 aliphatic carbocycles. The van der Waals surface area contributed by atoms with Crippen molar-refractivity contribution in [2.45, 2.75) is 36.2 Å². The van der Waals surface area contributed by atoms with Crippen LogP contribution in [0.15, 0.2) is 23.1 Å². The van der Waals surface area contributed by atoms with E-state index in [1.807, 2.05) is 6.92 Å². The maximum absolute atomic E-state index is 12.2. The van der Waals surface area contributed by atoms with Crippen molar-refractivity contribution < 1.29 is 18.3 Å². The Morgan fingerprint density at radius 1 is 1.39 bits per heavy atom. The number of hydrogen-bond acceptors (Lipinski definition) is 3. The van der Waals surface area contributed by atoms with Crippen molar-refractivity contribution in [2.24, 2.45) is 5.73 Å². The zero-order chi connectivity index (χ0) is 13.1. The molecule has 18 heavy (non-hydrogen) atoms. The fourth-order valence-corrected chi connectivity index (χ4v) is 2.08. The Morgan fingerprint density at radius 3 is 2.50 bits per heavy atom. The topological polar surface area (TPSA) is 46.2 Å². The van der Waals surface area contributed by atoms with Gasteiger partial charge in [-0.1, -0.05) is 13.3 Å². The van der Waals surface area contributed by atoms with Gasteiger partial charge in [0.2, 0.25) is 0 Å². The first-order chi connectivity index (χ1) is 7.83. The lowest BCUT2D eigenvalue weighted by Crippen LogP contribution is -2.10. The summed E-state index contributed by atoms with van der Waals surface area (Å²) in [6.45, 7) is 1.92. The first-order valence-electron chi connectivity index (χ1n) is 5.17. The van der Waals surface area contributed by atoms with E-state index in [1.54, 1.807) is 0 Å². The Labute approximate surface area is 114 Å². The number of phenols is 1. The molecule has 0 radical (unpaired) electrons. The molecular weight excluding hydrogens is 287 g/mol. The van der Waals surface area contributed by atoms with Crippen molar-refractivity contribution in [2.75, 3.05) is 0 Å². The average Bonchev–Trinajstić information content (AvgIpc) is 2.19. The summed E-state index contributed by atoms with van der Waals surface area (Å²) >= 11 is -0.208. The molecule has 1 aromatic rings. The fraction of sp³-hybridized carbons (Fsp3) is 0.455. The van der Waals surface area contributed by atoms with Crippen LogP contribution in [0.4, 0.5) is 13.2 Å². The number of thioether (sulfide) groups is 1. The SMILES string of the molecule is CCC[C@@H](N)c1cc(SC(F)(F)F)ccc1O.Cl. The van der Waals surface area contributed by atoms with E-state index in [4.69, 9.17) is 5.73 Å². The molecule has 104 valence electrons. The first-order valence-corrected chi connectivity index (χ1v) is 5.99. The smallest absolute Gasteiger partial charge is 0.446 e. The molecule has 3 N–H and O–H groups in total. The zero-order valence-electron chi connectivity index (χ0n) is 9.70. The fourth-order valence-electron chi connectivity index (χ4n) is 1.49. The third-order valence-corrected chi connectivity index (χ3v) is 2.95. The molecule has 0 amide bonds. The quantitative estimate of drug-likeness (QED) is 0.818. The largest absolute Gasteiger partial charge is 0.508 e. The van der Waals surface area contributed by atoms with Gasteiger partial charge < -0.3 is 10.8 Å². The zero-order valence-corrected chi connectivity index (χ0v) is 11.3. The van der Waals surface area contributed by atoms with Gasteiger partial charge in [-0.3, -0.25) is 0 Å². The Hall–Kier alpha value is -0.590. The number of alkyl halides is 3. The summed E-state index contributed by atoms with van der Waals surface area (Å²) in [6.07, 6.45) is 1.42. The summed E-state index contributed by atoms with van der Waals surface area (Å²) in [5, 5.41) is 9.56. The summed E-state index contributed by atoms with van der Waals surface area (Å²) < 4.78 is 36.6. The molecule has 0 aliphatic heterocycles. The maximum atomic E-state index is 12.2. The van der Waals surface area contributed by atoms with E-state index in [2.05, 4.69) is 0 Å². The van der Waals surface area contributed by atoms with Gasteiger partial charge in [0.05, 0.1) is 0 Å². The second-order valence-electron chi connectivity index (χ2n) is 3.66. The highest BCUT2D eigenvalue weighted by atomic mass is 35.5. The summed E-state index contributed by atoms with van der Waals surface area (Å²) in [6, 6.07) is 3.34. The molecule has 0 saturated carbocycles. The van der Waals surface area contributed by atoms with Gasteiger partial charge in [0.15, 0.2) is 0 Å². The van der Waals surface area contributed by atoms with E-state index in [1.165, 1.54) is 18.2 Å². The number of nitrogens with two attached hydrogens (primary N) is 1. The van der Waals surface area contributed by atoms with Crippen LogP contribution in [0.3, 0.4) is 0 Å². The van der Waals surface area contributed by atoms with E-state index in [0.717, 1.165) is 6.42 Å². The van der Waals surface area contributed by atoms with Crippen molar-refractivity contribution in [3.05, 3.63) is 23.8 Å². The lowest BCUT2D eigenvalue weighted by molar-refractivity contribution is -0.0328. The van der Waals surface area contributed by atoms with Crippen LogP contribution in [-0.4, -0.2) is 10.6 Å². The van der Waals surface area contributed by atoms with Crippen molar-refractivity contribution in [1.29, 1.82) is 0 Å². The second kappa shape index (κ2) is 7.11. The van der Waals surface area contributed by atoms with Gasteiger partial charge in [0.1, 0.15) is 5.75 Å². The summed E-state index contributed by atoms with van der Waals surface area (Å²) in [7, 11) is 0. The van der Waals surface area contributed by atoms with Gasteiger partial charge >= 0.3 is 5.51 Å². The predicted molar refractivity (Wildman–Crippen MR) is 69.1 cm³/mol. The van der Waals surface area contributed by atoms with Crippen LogP contribution >= 0.6 is 24.2 Å². The monoisotopic (exact) mass is 301 g/mol. The lowest BCUT2D eigenvalue weighted by Gasteiger charge is -2.14. The van der Waals surface area contributed by atoms with Crippen molar-refractivity contribution in [3.63, 3.8) is 0 Å². The molecule has 0 spiro atoms. The van der Waals surface area contributed by atoms with Gasteiger partial charge in [-0.15, -0.1) is 12.4 Å². The third-order valence-electron chi connectivity index (χ3n) is 2.23. The van der Waals surface area contributed by atoms with Crippen LogP contribution in [0.25, 0.3) is 0 Å². The van der Waals surface area contributed by atoms with Crippen LogP contribution in [0, 0.1) is 0 Å². The third kappa shape index (κ3) is 5.37. The number of benzene rings is 1. The lowest BCUT2D eigenvalue weighted by atomic mass is 10.0. The van der Waals surface area contributed by atoms with Gasteiger partial charge in [-0.25, -0.2) is 0 Å². The molecule has 2 nitrogen and oxygen atoms in total. The minimum atomic E-state index is -4.33. The Bertz CT molecular complexity index is 387. The van der Waals surface area contributed by atoms with Crippen LogP contribution in [0.5, 0.6) is 5.75 Å². The number of hydrogen-bond donors (Lipinski definition) is 2. The molecular formula is C11H15ClF3NOS. The molecule has 0 bridgehead atoms. The molecule has 0 aromatic heterocycles. The van der Waals surface area contributed by atoms with Crippen LogP contribution < -0.4 is 5.73 Å². The molecule has 1 atom stereocenters. The van der Waals surface area contributed by atoms with E-state index >= 15 is 0 Å². The van der Waals surface area contributed by atoms with Crippen LogP contribution in [0.2, 0.25) is 0 Å².